The van der Waals surface area contributed by atoms with Gasteiger partial charge in [-0.3, -0.25) is 0 Å². The summed E-state index contributed by atoms with van der Waals surface area (Å²) in [6.07, 6.45) is 4.86. The molecule has 2 aromatic carbocycles. The Balaban J connectivity index is 1.45. The fraction of sp³-hybridized carbons (Fsp3) is 0.455. The molecule has 136 valence electrons. The molecule has 1 spiro atoms. The standard InChI is InChI=1S/C22H23Cl2NO/c23-17-11-16(12-18(24)13-17)21-19-3-1-2-4-20(19)22(26-21)7-9-25(10-8-22)14-15-5-6-15/h1-4,11-13,15,21H,5-10,14H2. The molecule has 1 aliphatic carbocycles. The van der Waals surface area contributed by atoms with Crippen LogP contribution < -0.4 is 0 Å². The van der Waals surface area contributed by atoms with Crippen LogP contribution in [0.1, 0.15) is 48.5 Å². The van der Waals surface area contributed by atoms with E-state index in [9.17, 15) is 0 Å². The molecule has 2 heterocycles. The predicted molar refractivity (Wildman–Crippen MR) is 106 cm³/mol. The first-order valence-corrected chi connectivity index (χ1v) is 10.3. The van der Waals surface area contributed by atoms with Crippen molar-refractivity contribution in [2.24, 2.45) is 5.92 Å². The Labute approximate surface area is 165 Å². The van der Waals surface area contributed by atoms with Gasteiger partial charge in [0.1, 0.15) is 6.10 Å². The van der Waals surface area contributed by atoms with Gasteiger partial charge in [0.2, 0.25) is 0 Å². The van der Waals surface area contributed by atoms with Crippen LogP contribution in [-0.4, -0.2) is 24.5 Å². The van der Waals surface area contributed by atoms with Crippen LogP contribution in [0.5, 0.6) is 0 Å². The Hall–Kier alpha value is -1.06. The van der Waals surface area contributed by atoms with Gasteiger partial charge in [-0.2, -0.15) is 0 Å². The van der Waals surface area contributed by atoms with Gasteiger partial charge >= 0.3 is 0 Å². The SMILES string of the molecule is Clc1cc(Cl)cc(C2OC3(CCN(CC4CC4)CC3)c3ccccc32)c1. The van der Waals surface area contributed by atoms with Crippen molar-refractivity contribution in [2.45, 2.75) is 37.4 Å². The lowest BCUT2D eigenvalue weighted by molar-refractivity contribution is -0.0971. The van der Waals surface area contributed by atoms with Crippen molar-refractivity contribution in [3.63, 3.8) is 0 Å². The van der Waals surface area contributed by atoms with Gasteiger partial charge in [0.25, 0.3) is 0 Å². The third-order valence-corrected chi connectivity index (χ3v) is 6.58. The highest BCUT2D eigenvalue weighted by Crippen LogP contribution is 2.52. The molecule has 0 N–H and O–H groups in total. The smallest absolute Gasteiger partial charge is 0.109 e. The zero-order chi connectivity index (χ0) is 17.7. The lowest BCUT2D eigenvalue weighted by Crippen LogP contribution is -2.43. The Kier molecular flexibility index (Phi) is 4.28. The second-order valence-corrected chi connectivity index (χ2v) is 8.90. The van der Waals surface area contributed by atoms with Gasteiger partial charge in [-0.25, -0.2) is 0 Å². The monoisotopic (exact) mass is 387 g/mol. The van der Waals surface area contributed by atoms with Crippen LogP contribution in [-0.2, 0) is 10.3 Å². The molecular formula is C22H23Cl2NO. The number of halogens is 2. The Morgan fingerprint density at radius 3 is 2.38 bits per heavy atom. The van der Waals surface area contributed by atoms with E-state index in [0.29, 0.717) is 10.0 Å². The Morgan fingerprint density at radius 2 is 1.69 bits per heavy atom. The number of fused-ring (bicyclic) bond motifs is 2. The fourth-order valence-corrected chi connectivity index (χ4v) is 5.16. The minimum Gasteiger partial charge on any atom is -0.358 e. The third-order valence-electron chi connectivity index (χ3n) is 6.14. The van der Waals surface area contributed by atoms with E-state index in [-0.39, 0.29) is 11.7 Å². The van der Waals surface area contributed by atoms with Crippen LogP contribution >= 0.6 is 23.2 Å². The van der Waals surface area contributed by atoms with E-state index in [1.165, 1.54) is 30.5 Å². The predicted octanol–water partition coefficient (Wildman–Crippen LogP) is 5.81. The third kappa shape index (κ3) is 3.07. The van der Waals surface area contributed by atoms with E-state index in [0.717, 1.165) is 37.4 Å². The van der Waals surface area contributed by atoms with Crippen LogP contribution in [0.3, 0.4) is 0 Å². The summed E-state index contributed by atoms with van der Waals surface area (Å²) in [6.45, 7) is 3.51. The summed E-state index contributed by atoms with van der Waals surface area (Å²) in [4.78, 5) is 2.62. The normalized spacial score (nSPS) is 24.8. The molecule has 5 rings (SSSR count). The highest BCUT2D eigenvalue weighted by atomic mass is 35.5. The number of ether oxygens (including phenoxy) is 1. The van der Waals surface area contributed by atoms with Crippen molar-refractivity contribution >= 4 is 23.2 Å². The first-order chi connectivity index (χ1) is 12.6. The van der Waals surface area contributed by atoms with E-state index in [2.05, 4.69) is 29.2 Å². The average Bonchev–Trinajstić information content (AvgIpc) is 3.39. The van der Waals surface area contributed by atoms with Gasteiger partial charge in [0, 0.05) is 29.7 Å². The molecule has 2 nitrogen and oxygen atoms in total. The Bertz CT molecular complexity index is 804. The summed E-state index contributed by atoms with van der Waals surface area (Å²) in [6, 6.07) is 14.4. The van der Waals surface area contributed by atoms with Crippen LogP contribution in [0.4, 0.5) is 0 Å². The van der Waals surface area contributed by atoms with Crippen LogP contribution in [0.15, 0.2) is 42.5 Å². The minimum absolute atomic E-state index is 0.0858. The summed E-state index contributed by atoms with van der Waals surface area (Å²) in [5.74, 6) is 0.946. The Morgan fingerprint density at radius 1 is 1.00 bits per heavy atom. The van der Waals surface area contributed by atoms with Crippen molar-refractivity contribution in [2.75, 3.05) is 19.6 Å². The fourth-order valence-electron chi connectivity index (χ4n) is 4.62. The van der Waals surface area contributed by atoms with Crippen molar-refractivity contribution in [3.8, 4) is 0 Å². The quantitative estimate of drug-likeness (QED) is 0.658. The second-order valence-electron chi connectivity index (χ2n) is 8.03. The van der Waals surface area contributed by atoms with Crippen LogP contribution in [0, 0.1) is 5.92 Å². The van der Waals surface area contributed by atoms with E-state index in [1.807, 2.05) is 12.1 Å². The molecule has 1 atom stereocenters. The molecule has 3 aliphatic rings. The number of hydrogen-bond acceptors (Lipinski definition) is 2. The number of piperidine rings is 1. The molecule has 0 aromatic heterocycles. The first kappa shape index (κ1) is 17.1. The number of likely N-dealkylation sites (tertiary alicyclic amines) is 1. The average molecular weight is 388 g/mol. The summed E-state index contributed by atoms with van der Waals surface area (Å²) < 4.78 is 6.78. The highest BCUT2D eigenvalue weighted by Gasteiger charge is 2.47. The molecule has 1 saturated carbocycles. The molecule has 0 bridgehead atoms. The van der Waals surface area contributed by atoms with Crippen LogP contribution in [0.2, 0.25) is 10.0 Å². The molecule has 26 heavy (non-hydrogen) atoms. The van der Waals surface area contributed by atoms with Gasteiger partial charge in [0.15, 0.2) is 0 Å². The van der Waals surface area contributed by atoms with Gasteiger partial charge in [-0.15, -0.1) is 0 Å². The molecule has 2 fully saturated rings. The summed E-state index contributed by atoms with van der Waals surface area (Å²) in [5, 5.41) is 1.32. The zero-order valence-corrected chi connectivity index (χ0v) is 16.3. The lowest BCUT2D eigenvalue weighted by Gasteiger charge is -2.40. The lowest BCUT2D eigenvalue weighted by atomic mass is 9.83. The molecular weight excluding hydrogens is 365 g/mol. The van der Waals surface area contributed by atoms with E-state index in [1.54, 1.807) is 6.07 Å². The van der Waals surface area contributed by atoms with Gasteiger partial charge < -0.3 is 9.64 Å². The van der Waals surface area contributed by atoms with E-state index >= 15 is 0 Å². The molecule has 4 heteroatoms. The van der Waals surface area contributed by atoms with Gasteiger partial charge in [0.05, 0.1) is 5.60 Å². The molecule has 1 unspecified atom stereocenters. The molecule has 0 radical (unpaired) electrons. The summed E-state index contributed by atoms with van der Waals surface area (Å²) in [7, 11) is 0. The van der Waals surface area contributed by atoms with E-state index in [4.69, 9.17) is 27.9 Å². The number of benzene rings is 2. The molecule has 2 aliphatic heterocycles. The summed E-state index contributed by atoms with van der Waals surface area (Å²) in [5.41, 5.74) is 3.50. The maximum Gasteiger partial charge on any atom is 0.109 e. The molecule has 1 saturated heterocycles. The zero-order valence-electron chi connectivity index (χ0n) is 14.8. The molecule has 2 aromatic rings. The number of rotatable bonds is 3. The number of nitrogens with zero attached hydrogens (tertiary/aromatic N) is 1. The van der Waals surface area contributed by atoms with Crippen LogP contribution in [0.25, 0.3) is 0 Å². The highest BCUT2D eigenvalue weighted by molar-refractivity contribution is 6.34. The van der Waals surface area contributed by atoms with E-state index < -0.39 is 0 Å². The second kappa shape index (κ2) is 6.53. The maximum atomic E-state index is 6.78. The molecule has 0 amide bonds. The van der Waals surface area contributed by atoms with Crippen molar-refractivity contribution in [1.82, 2.24) is 4.90 Å². The van der Waals surface area contributed by atoms with Crippen molar-refractivity contribution in [1.29, 1.82) is 0 Å². The van der Waals surface area contributed by atoms with Gasteiger partial charge in [-0.1, -0.05) is 47.5 Å². The summed E-state index contributed by atoms with van der Waals surface area (Å²) >= 11 is 12.5. The first-order valence-electron chi connectivity index (χ1n) is 9.59. The largest absolute Gasteiger partial charge is 0.358 e. The topological polar surface area (TPSA) is 12.5 Å². The van der Waals surface area contributed by atoms with Crippen molar-refractivity contribution in [3.05, 3.63) is 69.2 Å². The number of hydrogen-bond donors (Lipinski definition) is 0. The maximum absolute atomic E-state index is 6.78. The minimum atomic E-state index is -0.171. The van der Waals surface area contributed by atoms with Crippen molar-refractivity contribution < 1.29 is 4.74 Å². The van der Waals surface area contributed by atoms with Gasteiger partial charge in [-0.05, 0) is 66.5 Å².